The molecule has 1 aliphatic rings. The molecule has 6 heteroatoms. The minimum Gasteiger partial charge on any atom is -0.323 e. The van der Waals surface area contributed by atoms with Crippen LogP contribution >= 0.6 is 0 Å². The van der Waals surface area contributed by atoms with E-state index in [0.717, 1.165) is 19.3 Å². The highest BCUT2D eigenvalue weighted by Gasteiger charge is 2.35. The number of hydrogen-bond acceptors (Lipinski definition) is 4. The van der Waals surface area contributed by atoms with Crippen molar-refractivity contribution in [2.24, 2.45) is 5.73 Å². The van der Waals surface area contributed by atoms with E-state index in [1.807, 2.05) is 0 Å². The molecule has 0 unspecified atom stereocenters. The van der Waals surface area contributed by atoms with Gasteiger partial charge in [0.25, 0.3) is 0 Å². The fourth-order valence-corrected chi connectivity index (χ4v) is 3.70. The van der Waals surface area contributed by atoms with Gasteiger partial charge in [-0.15, -0.1) is 0 Å². The molecule has 0 bridgehead atoms. The molecule has 0 saturated heterocycles. The lowest BCUT2D eigenvalue weighted by Crippen LogP contribution is -2.52. The number of rotatable bonds is 4. The lowest BCUT2D eigenvalue weighted by Gasteiger charge is -2.32. The van der Waals surface area contributed by atoms with Gasteiger partial charge >= 0.3 is 0 Å². The van der Waals surface area contributed by atoms with Crippen molar-refractivity contribution < 1.29 is 13.2 Å². The summed E-state index contributed by atoms with van der Waals surface area (Å²) in [6, 6.07) is 6.47. The number of hydrogen-bond donors (Lipinski definition) is 2. The summed E-state index contributed by atoms with van der Waals surface area (Å²) in [4.78, 5) is 12.6. The molecule has 0 aliphatic heterocycles. The number of carbonyl (C=O) groups is 1. The molecule has 0 aromatic heterocycles. The first kappa shape index (κ1) is 16.0. The summed E-state index contributed by atoms with van der Waals surface area (Å²) in [7, 11) is -3.38. The Bertz CT molecular complexity index is 620. The average Bonchev–Trinajstić information content (AvgIpc) is 2.48. The van der Waals surface area contributed by atoms with Gasteiger partial charge in [-0.25, -0.2) is 8.42 Å². The van der Waals surface area contributed by atoms with E-state index in [4.69, 9.17) is 5.73 Å². The Morgan fingerprint density at radius 1 is 1.24 bits per heavy atom. The van der Waals surface area contributed by atoms with Gasteiger partial charge in [-0.2, -0.15) is 0 Å². The maximum Gasteiger partial charge on any atom is 0.244 e. The van der Waals surface area contributed by atoms with Crippen LogP contribution in [0.15, 0.2) is 29.2 Å². The maximum absolute atomic E-state index is 12.4. The number of amides is 1. The van der Waals surface area contributed by atoms with Gasteiger partial charge in [0.1, 0.15) is 0 Å². The SMILES string of the molecule is CCS(=O)(=O)c1ccccc1NC(=O)C1(N)CCCCC1. The van der Waals surface area contributed by atoms with E-state index < -0.39 is 15.4 Å². The quantitative estimate of drug-likeness (QED) is 0.891. The number of para-hydroxylation sites is 1. The van der Waals surface area contributed by atoms with Crippen LogP contribution in [-0.2, 0) is 14.6 Å². The summed E-state index contributed by atoms with van der Waals surface area (Å²) in [6.07, 6.45) is 4.23. The van der Waals surface area contributed by atoms with Crippen molar-refractivity contribution in [1.29, 1.82) is 0 Å². The number of benzene rings is 1. The largest absolute Gasteiger partial charge is 0.323 e. The Labute approximate surface area is 125 Å². The fraction of sp³-hybridized carbons (Fsp3) is 0.533. The zero-order valence-electron chi connectivity index (χ0n) is 12.3. The number of sulfone groups is 1. The van der Waals surface area contributed by atoms with E-state index in [1.54, 1.807) is 25.1 Å². The Balaban J connectivity index is 2.26. The first-order chi connectivity index (χ1) is 9.89. The normalized spacial score (nSPS) is 18.2. The van der Waals surface area contributed by atoms with E-state index in [0.29, 0.717) is 18.5 Å². The van der Waals surface area contributed by atoms with Gasteiger partial charge in [0.15, 0.2) is 9.84 Å². The van der Waals surface area contributed by atoms with Gasteiger partial charge in [-0.3, -0.25) is 4.79 Å². The predicted octanol–water partition coefficient (Wildman–Crippen LogP) is 2.08. The topological polar surface area (TPSA) is 89.3 Å². The van der Waals surface area contributed by atoms with E-state index in [-0.39, 0.29) is 16.6 Å². The number of carbonyl (C=O) groups excluding carboxylic acids is 1. The van der Waals surface area contributed by atoms with E-state index in [9.17, 15) is 13.2 Å². The number of nitrogens with one attached hydrogen (secondary N) is 1. The molecule has 116 valence electrons. The third kappa shape index (κ3) is 3.44. The van der Waals surface area contributed by atoms with Gasteiger partial charge in [-0.1, -0.05) is 38.3 Å². The predicted molar refractivity (Wildman–Crippen MR) is 82.8 cm³/mol. The Kier molecular flexibility index (Phi) is 4.68. The highest BCUT2D eigenvalue weighted by Crippen LogP contribution is 2.29. The smallest absolute Gasteiger partial charge is 0.244 e. The lowest BCUT2D eigenvalue weighted by molar-refractivity contribution is -0.122. The molecule has 1 saturated carbocycles. The highest BCUT2D eigenvalue weighted by atomic mass is 32.2. The molecule has 0 radical (unpaired) electrons. The number of anilines is 1. The van der Waals surface area contributed by atoms with Crippen molar-refractivity contribution in [3.63, 3.8) is 0 Å². The molecule has 1 aromatic rings. The Morgan fingerprint density at radius 2 is 1.86 bits per heavy atom. The molecule has 0 heterocycles. The first-order valence-corrected chi connectivity index (χ1v) is 8.96. The molecule has 1 fully saturated rings. The van der Waals surface area contributed by atoms with Crippen molar-refractivity contribution in [3.05, 3.63) is 24.3 Å². The summed E-state index contributed by atoms with van der Waals surface area (Å²) in [5, 5.41) is 2.72. The summed E-state index contributed by atoms with van der Waals surface area (Å²) < 4.78 is 24.2. The number of nitrogens with two attached hydrogens (primary N) is 1. The van der Waals surface area contributed by atoms with Crippen molar-refractivity contribution >= 4 is 21.4 Å². The monoisotopic (exact) mass is 310 g/mol. The van der Waals surface area contributed by atoms with Crippen LogP contribution in [-0.4, -0.2) is 25.6 Å². The van der Waals surface area contributed by atoms with Crippen molar-refractivity contribution in [1.82, 2.24) is 0 Å². The highest BCUT2D eigenvalue weighted by molar-refractivity contribution is 7.91. The third-order valence-corrected chi connectivity index (χ3v) is 5.83. The van der Waals surface area contributed by atoms with E-state index in [2.05, 4.69) is 5.32 Å². The van der Waals surface area contributed by atoms with Crippen LogP contribution in [0.5, 0.6) is 0 Å². The molecule has 1 aliphatic carbocycles. The molecule has 3 N–H and O–H groups in total. The molecule has 1 amide bonds. The Morgan fingerprint density at radius 3 is 2.48 bits per heavy atom. The lowest BCUT2D eigenvalue weighted by atomic mass is 9.82. The van der Waals surface area contributed by atoms with Gasteiger partial charge in [-0.05, 0) is 25.0 Å². The average molecular weight is 310 g/mol. The Hall–Kier alpha value is -1.40. The maximum atomic E-state index is 12.4. The zero-order chi connectivity index (χ0) is 15.5. The van der Waals surface area contributed by atoms with Crippen LogP contribution in [0.4, 0.5) is 5.69 Å². The molecule has 1 aromatic carbocycles. The van der Waals surface area contributed by atoms with Gasteiger partial charge in [0.2, 0.25) is 5.91 Å². The summed E-state index contributed by atoms with van der Waals surface area (Å²) >= 11 is 0. The standard InChI is InChI=1S/C15H22N2O3S/c1-2-21(19,20)13-9-5-4-8-12(13)17-14(18)15(16)10-6-3-7-11-15/h4-5,8-9H,2-3,6-7,10-11,16H2,1H3,(H,17,18). The van der Waals surface area contributed by atoms with E-state index in [1.165, 1.54) is 6.07 Å². The summed E-state index contributed by atoms with van der Waals surface area (Å²) in [6.45, 7) is 1.58. The van der Waals surface area contributed by atoms with Gasteiger partial charge in [0, 0.05) is 0 Å². The molecule has 0 spiro atoms. The van der Waals surface area contributed by atoms with Gasteiger partial charge < -0.3 is 11.1 Å². The second kappa shape index (κ2) is 6.15. The van der Waals surface area contributed by atoms with Crippen LogP contribution in [0.25, 0.3) is 0 Å². The molecule has 21 heavy (non-hydrogen) atoms. The van der Waals surface area contributed by atoms with Gasteiger partial charge in [0.05, 0.1) is 21.9 Å². The first-order valence-electron chi connectivity index (χ1n) is 7.31. The van der Waals surface area contributed by atoms with Crippen molar-refractivity contribution in [3.8, 4) is 0 Å². The molecule has 0 atom stereocenters. The zero-order valence-corrected chi connectivity index (χ0v) is 13.1. The minimum absolute atomic E-state index is 0.00630. The fourth-order valence-electron chi connectivity index (χ4n) is 2.65. The van der Waals surface area contributed by atoms with Crippen LogP contribution < -0.4 is 11.1 Å². The van der Waals surface area contributed by atoms with Crippen molar-refractivity contribution in [2.75, 3.05) is 11.1 Å². The third-order valence-electron chi connectivity index (χ3n) is 4.05. The van der Waals surface area contributed by atoms with Crippen LogP contribution in [0, 0.1) is 0 Å². The second-order valence-corrected chi connectivity index (χ2v) is 7.82. The minimum atomic E-state index is -3.38. The van der Waals surface area contributed by atoms with Crippen LogP contribution in [0.3, 0.4) is 0 Å². The second-order valence-electron chi connectivity index (χ2n) is 5.57. The summed E-state index contributed by atoms with van der Waals surface area (Å²) in [5.41, 5.74) is 5.61. The van der Waals surface area contributed by atoms with Crippen LogP contribution in [0.1, 0.15) is 39.0 Å². The summed E-state index contributed by atoms with van der Waals surface area (Å²) in [5.74, 6) is -0.297. The molecular weight excluding hydrogens is 288 g/mol. The van der Waals surface area contributed by atoms with E-state index >= 15 is 0 Å². The molecule has 2 rings (SSSR count). The molecule has 5 nitrogen and oxygen atoms in total. The van der Waals surface area contributed by atoms with Crippen LogP contribution in [0.2, 0.25) is 0 Å². The van der Waals surface area contributed by atoms with Crippen molar-refractivity contribution in [2.45, 2.75) is 49.5 Å². The molecular formula is C15H22N2O3S.